The molecule has 2 aromatic rings. The van der Waals surface area contributed by atoms with Gasteiger partial charge in [0.05, 0.1) is 18.2 Å². The number of aromatic nitrogens is 3. The number of fused-ring (bicyclic) bond motifs is 1. The number of nitrogens with one attached hydrogen (secondary N) is 2. The lowest BCUT2D eigenvalue weighted by Gasteiger charge is -2.29. The van der Waals surface area contributed by atoms with Crippen LogP contribution in [-0.2, 0) is 16.1 Å². The molecule has 1 spiro atoms. The SMILES string of the molecule is Cc1nc(CN2C[C@@H]3[C@H](CNC(=O)COc4ccccc4)[C@H]4CC[C@]3(C2)O4)n[nH]1. The third kappa shape index (κ3) is 3.62. The number of rotatable bonds is 7. The molecule has 4 heterocycles. The lowest BCUT2D eigenvalue weighted by Crippen LogP contribution is -2.42. The van der Waals surface area contributed by atoms with Gasteiger partial charge in [-0.25, -0.2) is 4.98 Å². The van der Waals surface area contributed by atoms with E-state index >= 15 is 0 Å². The highest BCUT2D eigenvalue weighted by molar-refractivity contribution is 5.77. The molecular formula is C21H27N5O3. The van der Waals surface area contributed by atoms with Gasteiger partial charge in [0.25, 0.3) is 5.91 Å². The summed E-state index contributed by atoms with van der Waals surface area (Å²) in [6, 6.07) is 9.41. The molecule has 3 aliphatic heterocycles. The van der Waals surface area contributed by atoms with Crippen LogP contribution in [-0.4, -0.2) is 63.9 Å². The number of nitrogens with zero attached hydrogens (tertiary/aromatic N) is 3. The molecule has 0 unspecified atom stereocenters. The molecule has 1 aromatic carbocycles. The van der Waals surface area contributed by atoms with E-state index in [0.717, 1.165) is 44.1 Å². The molecule has 154 valence electrons. The van der Waals surface area contributed by atoms with Crippen LogP contribution in [0.15, 0.2) is 30.3 Å². The smallest absolute Gasteiger partial charge is 0.257 e. The number of aromatic amines is 1. The summed E-state index contributed by atoms with van der Waals surface area (Å²) in [6.45, 7) is 5.21. The number of H-pyrrole nitrogens is 1. The van der Waals surface area contributed by atoms with Crippen molar-refractivity contribution in [3.63, 3.8) is 0 Å². The van der Waals surface area contributed by atoms with Gasteiger partial charge < -0.3 is 14.8 Å². The van der Waals surface area contributed by atoms with Gasteiger partial charge in [0, 0.05) is 31.5 Å². The zero-order valence-electron chi connectivity index (χ0n) is 16.6. The van der Waals surface area contributed by atoms with Crippen LogP contribution in [0.1, 0.15) is 24.5 Å². The number of amides is 1. The van der Waals surface area contributed by atoms with Crippen LogP contribution in [0.25, 0.3) is 0 Å². The fraction of sp³-hybridized carbons (Fsp3) is 0.571. The Morgan fingerprint density at radius 3 is 3.07 bits per heavy atom. The minimum absolute atomic E-state index is 0.0361. The van der Waals surface area contributed by atoms with Crippen LogP contribution in [0.3, 0.4) is 0 Å². The second-order valence-electron chi connectivity index (χ2n) is 8.44. The average molecular weight is 397 g/mol. The summed E-state index contributed by atoms with van der Waals surface area (Å²) >= 11 is 0. The van der Waals surface area contributed by atoms with Gasteiger partial charge in [0.2, 0.25) is 0 Å². The third-order valence-corrected chi connectivity index (χ3v) is 6.51. The maximum atomic E-state index is 12.3. The van der Waals surface area contributed by atoms with Crippen molar-refractivity contribution in [2.24, 2.45) is 11.8 Å². The summed E-state index contributed by atoms with van der Waals surface area (Å²) < 4.78 is 12.0. The Balaban J connectivity index is 1.16. The summed E-state index contributed by atoms with van der Waals surface area (Å²) in [5.74, 6) is 3.08. The number of carbonyl (C=O) groups is 1. The first-order chi connectivity index (χ1) is 14.1. The molecule has 0 aliphatic carbocycles. The van der Waals surface area contributed by atoms with Gasteiger partial charge in [-0.05, 0) is 31.9 Å². The zero-order valence-corrected chi connectivity index (χ0v) is 16.6. The molecule has 29 heavy (non-hydrogen) atoms. The summed E-state index contributed by atoms with van der Waals surface area (Å²) in [5, 5.41) is 10.2. The highest BCUT2D eigenvalue weighted by Gasteiger charge is 2.62. The molecule has 3 saturated heterocycles. The molecule has 5 rings (SSSR count). The van der Waals surface area contributed by atoms with Crippen LogP contribution in [0.5, 0.6) is 5.75 Å². The quantitative estimate of drug-likeness (QED) is 0.731. The van der Waals surface area contributed by atoms with Crippen molar-refractivity contribution in [3.05, 3.63) is 42.0 Å². The Kier molecular flexibility index (Phi) is 4.75. The van der Waals surface area contributed by atoms with E-state index in [0.29, 0.717) is 24.1 Å². The Hall–Kier alpha value is -2.45. The van der Waals surface area contributed by atoms with Gasteiger partial charge in [-0.15, -0.1) is 0 Å². The fourth-order valence-electron chi connectivity index (χ4n) is 5.29. The van der Waals surface area contributed by atoms with E-state index in [2.05, 4.69) is 25.4 Å². The molecule has 3 aliphatic rings. The number of benzene rings is 1. The first-order valence-corrected chi connectivity index (χ1v) is 10.3. The van der Waals surface area contributed by atoms with Crippen molar-refractivity contribution in [2.45, 2.75) is 38.0 Å². The first-order valence-electron chi connectivity index (χ1n) is 10.3. The van der Waals surface area contributed by atoms with Crippen molar-refractivity contribution < 1.29 is 14.3 Å². The third-order valence-electron chi connectivity index (χ3n) is 6.51. The molecule has 1 amide bonds. The summed E-state index contributed by atoms with van der Waals surface area (Å²) in [7, 11) is 0. The molecule has 3 fully saturated rings. The maximum Gasteiger partial charge on any atom is 0.257 e. The Morgan fingerprint density at radius 2 is 2.28 bits per heavy atom. The number of likely N-dealkylation sites (tertiary alicyclic amines) is 1. The lowest BCUT2D eigenvalue weighted by atomic mass is 9.73. The minimum Gasteiger partial charge on any atom is -0.484 e. The van der Waals surface area contributed by atoms with Crippen molar-refractivity contribution in [1.82, 2.24) is 25.4 Å². The second-order valence-corrected chi connectivity index (χ2v) is 8.44. The Bertz CT molecular complexity index is 872. The molecule has 8 heteroatoms. The number of carbonyl (C=O) groups excluding carboxylic acids is 1. The van der Waals surface area contributed by atoms with Gasteiger partial charge >= 0.3 is 0 Å². The van der Waals surface area contributed by atoms with E-state index in [4.69, 9.17) is 9.47 Å². The van der Waals surface area contributed by atoms with E-state index in [1.54, 1.807) is 0 Å². The molecule has 2 bridgehead atoms. The normalized spacial score (nSPS) is 30.4. The zero-order chi connectivity index (χ0) is 19.8. The van der Waals surface area contributed by atoms with E-state index in [9.17, 15) is 4.79 Å². The molecule has 8 nitrogen and oxygen atoms in total. The van der Waals surface area contributed by atoms with Gasteiger partial charge in [-0.2, -0.15) is 5.10 Å². The Morgan fingerprint density at radius 1 is 1.41 bits per heavy atom. The molecular weight excluding hydrogens is 370 g/mol. The first kappa shape index (κ1) is 18.6. The predicted molar refractivity (Wildman–Crippen MR) is 105 cm³/mol. The predicted octanol–water partition coefficient (Wildman–Crippen LogP) is 1.29. The lowest BCUT2D eigenvalue weighted by molar-refractivity contribution is -0.123. The molecule has 0 saturated carbocycles. The largest absolute Gasteiger partial charge is 0.484 e. The van der Waals surface area contributed by atoms with E-state index in [-0.39, 0.29) is 24.2 Å². The highest BCUT2D eigenvalue weighted by atomic mass is 16.5. The minimum atomic E-state index is -0.0864. The standard InChI is InChI=1S/C21H27N5O3/c1-14-23-19(25-24-14)11-26-10-17-16(18-7-8-21(17,13-26)29-18)9-22-20(27)12-28-15-5-3-2-4-6-15/h2-6,16-18H,7-13H2,1H3,(H,22,27)(H,23,24,25)/t16-,17+,18+,21+/m0/s1. The monoisotopic (exact) mass is 397 g/mol. The second kappa shape index (κ2) is 7.42. The number of para-hydroxylation sites is 1. The molecule has 4 atom stereocenters. The summed E-state index contributed by atoms with van der Waals surface area (Å²) in [5.41, 5.74) is -0.0635. The summed E-state index contributed by atoms with van der Waals surface area (Å²) in [4.78, 5) is 19.1. The maximum absolute atomic E-state index is 12.3. The van der Waals surface area contributed by atoms with E-state index < -0.39 is 0 Å². The van der Waals surface area contributed by atoms with Crippen LogP contribution in [0, 0.1) is 18.8 Å². The van der Waals surface area contributed by atoms with Crippen LogP contribution in [0.4, 0.5) is 0 Å². The van der Waals surface area contributed by atoms with Gasteiger partial charge in [0.1, 0.15) is 11.6 Å². The number of aryl methyl sites for hydroxylation is 1. The topological polar surface area (TPSA) is 92.4 Å². The number of hydrogen-bond donors (Lipinski definition) is 2. The van der Waals surface area contributed by atoms with Gasteiger partial charge in [0.15, 0.2) is 12.4 Å². The van der Waals surface area contributed by atoms with Crippen molar-refractivity contribution in [2.75, 3.05) is 26.2 Å². The Labute approximate surface area is 170 Å². The molecule has 0 radical (unpaired) electrons. The van der Waals surface area contributed by atoms with Crippen LogP contribution < -0.4 is 10.1 Å². The average Bonchev–Trinajstić information content (AvgIpc) is 3.46. The van der Waals surface area contributed by atoms with E-state index in [1.807, 2.05) is 37.3 Å². The van der Waals surface area contributed by atoms with Gasteiger partial charge in [-0.1, -0.05) is 18.2 Å². The van der Waals surface area contributed by atoms with E-state index in [1.165, 1.54) is 0 Å². The summed E-state index contributed by atoms with van der Waals surface area (Å²) in [6.07, 6.45) is 2.43. The highest BCUT2D eigenvalue weighted by Crippen LogP contribution is 2.54. The van der Waals surface area contributed by atoms with Crippen LogP contribution >= 0.6 is 0 Å². The van der Waals surface area contributed by atoms with Crippen molar-refractivity contribution in [1.29, 1.82) is 0 Å². The van der Waals surface area contributed by atoms with Crippen molar-refractivity contribution in [3.8, 4) is 5.75 Å². The number of hydrogen-bond acceptors (Lipinski definition) is 6. The van der Waals surface area contributed by atoms with Crippen molar-refractivity contribution >= 4 is 5.91 Å². The fourth-order valence-corrected chi connectivity index (χ4v) is 5.29. The molecule has 2 N–H and O–H groups in total. The molecule has 1 aromatic heterocycles. The van der Waals surface area contributed by atoms with Crippen LogP contribution in [0.2, 0.25) is 0 Å². The van der Waals surface area contributed by atoms with Gasteiger partial charge in [-0.3, -0.25) is 14.8 Å². The number of ether oxygens (including phenoxy) is 2.